The number of amides is 1. The van der Waals surface area contributed by atoms with E-state index < -0.39 is 11.7 Å². The largest absolute Gasteiger partial charge is 0.416 e. The van der Waals surface area contributed by atoms with Crippen molar-refractivity contribution in [2.45, 2.75) is 45.2 Å². The van der Waals surface area contributed by atoms with Crippen LogP contribution in [-0.4, -0.2) is 11.0 Å². The van der Waals surface area contributed by atoms with Gasteiger partial charge in [0.25, 0.3) is 0 Å². The number of hydrogen-bond acceptors (Lipinski definition) is 2. The van der Waals surface area contributed by atoms with Gasteiger partial charge in [0.2, 0.25) is 5.91 Å². The third kappa shape index (κ3) is 7.18. The fourth-order valence-corrected chi connectivity index (χ4v) is 2.24. The maximum absolute atomic E-state index is 12.7. The number of unbranched alkanes of at least 4 members (excludes halogenated alkanes) is 3. The molecule has 128 valence electrons. The normalized spacial score (nSPS) is 11.2. The lowest BCUT2D eigenvalue weighted by molar-refractivity contribution is -0.137. The molecule has 0 bridgehead atoms. The Morgan fingerprint density at radius 2 is 1.96 bits per heavy atom. The van der Waals surface area contributed by atoms with Gasteiger partial charge in [-0.2, -0.15) is 13.2 Å². The first-order valence-corrected chi connectivity index (χ1v) is 8.00. The Bertz CT molecular complexity index is 564. The van der Waals surface area contributed by atoms with Crippen molar-refractivity contribution in [3.63, 3.8) is 0 Å². The fraction of sp³-hybridized carbons (Fsp3) is 0.467. The topological polar surface area (TPSA) is 41.1 Å². The average molecular weight is 367 g/mol. The summed E-state index contributed by atoms with van der Waals surface area (Å²) in [6.07, 6.45) is -0.356. The molecule has 0 aromatic heterocycles. The van der Waals surface area contributed by atoms with Gasteiger partial charge >= 0.3 is 6.18 Å². The number of nitrogens with one attached hydrogen (secondary N) is 2. The van der Waals surface area contributed by atoms with Crippen LogP contribution in [0.15, 0.2) is 18.2 Å². The molecule has 0 atom stereocenters. The molecule has 0 spiro atoms. The second-order valence-electron chi connectivity index (χ2n) is 5.01. The summed E-state index contributed by atoms with van der Waals surface area (Å²) in [6.45, 7) is 2.07. The Labute approximate surface area is 143 Å². The van der Waals surface area contributed by atoms with Gasteiger partial charge < -0.3 is 10.6 Å². The highest BCUT2D eigenvalue weighted by Crippen LogP contribution is 2.33. The van der Waals surface area contributed by atoms with E-state index in [1.165, 1.54) is 0 Å². The Morgan fingerprint density at radius 1 is 1.26 bits per heavy atom. The summed E-state index contributed by atoms with van der Waals surface area (Å²) in [7, 11) is 0. The van der Waals surface area contributed by atoms with E-state index >= 15 is 0 Å². The smallest absolute Gasteiger partial charge is 0.331 e. The number of anilines is 1. The quantitative estimate of drug-likeness (QED) is 0.541. The molecule has 0 aliphatic carbocycles. The van der Waals surface area contributed by atoms with E-state index in [2.05, 4.69) is 17.6 Å². The number of alkyl halides is 3. The molecule has 0 heterocycles. The van der Waals surface area contributed by atoms with E-state index in [1.54, 1.807) is 0 Å². The monoisotopic (exact) mass is 366 g/mol. The van der Waals surface area contributed by atoms with Gasteiger partial charge in [-0.15, -0.1) is 0 Å². The van der Waals surface area contributed by atoms with Crippen molar-refractivity contribution in [3.8, 4) is 0 Å². The van der Waals surface area contributed by atoms with E-state index in [1.807, 2.05) is 0 Å². The van der Waals surface area contributed by atoms with E-state index in [4.69, 9.17) is 23.8 Å². The molecule has 3 nitrogen and oxygen atoms in total. The minimum Gasteiger partial charge on any atom is -0.331 e. The predicted octanol–water partition coefficient (Wildman–Crippen LogP) is 5.14. The predicted molar refractivity (Wildman–Crippen MR) is 89.6 cm³/mol. The van der Waals surface area contributed by atoms with Crippen molar-refractivity contribution in [1.29, 1.82) is 0 Å². The second kappa shape index (κ2) is 9.08. The Morgan fingerprint density at radius 3 is 2.57 bits per heavy atom. The van der Waals surface area contributed by atoms with Crippen molar-refractivity contribution < 1.29 is 18.0 Å². The Hall–Kier alpha value is -1.34. The van der Waals surface area contributed by atoms with Crippen molar-refractivity contribution in [1.82, 2.24) is 5.32 Å². The van der Waals surface area contributed by atoms with E-state index in [-0.39, 0.29) is 21.7 Å². The van der Waals surface area contributed by atoms with Crippen LogP contribution in [-0.2, 0) is 11.0 Å². The maximum atomic E-state index is 12.7. The molecule has 1 amide bonds. The number of hydrogen-bond donors (Lipinski definition) is 2. The third-order valence-electron chi connectivity index (χ3n) is 3.05. The molecular formula is C15H18ClF3N2OS. The summed E-state index contributed by atoms with van der Waals surface area (Å²) in [6, 6.07) is 2.85. The Balaban J connectivity index is 2.58. The highest BCUT2D eigenvalue weighted by molar-refractivity contribution is 7.80. The van der Waals surface area contributed by atoms with Gasteiger partial charge in [-0.25, -0.2) is 0 Å². The van der Waals surface area contributed by atoms with Crippen LogP contribution >= 0.6 is 23.8 Å². The van der Waals surface area contributed by atoms with Gasteiger partial charge in [0.15, 0.2) is 5.11 Å². The van der Waals surface area contributed by atoms with Crippen molar-refractivity contribution >= 4 is 40.5 Å². The summed E-state index contributed by atoms with van der Waals surface area (Å²) in [4.78, 5) is 11.7. The zero-order valence-corrected chi connectivity index (χ0v) is 14.2. The van der Waals surface area contributed by atoms with Crippen LogP contribution in [0.1, 0.15) is 44.6 Å². The summed E-state index contributed by atoms with van der Waals surface area (Å²) in [5.74, 6) is -0.276. The molecule has 0 unspecified atom stereocenters. The zero-order valence-electron chi connectivity index (χ0n) is 12.6. The molecular weight excluding hydrogens is 349 g/mol. The number of carbonyl (C=O) groups excluding carboxylic acids is 1. The highest BCUT2D eigenvalue weighted by atomic mass is 35.5. The first-order valence-electron chi connectivity index (χ1n) is 7.21. The van der Waals surface area contributed by atoms with Gasteiger partial charge in [0.1, 0.15) is 0 Å². The van der Waals surface area contributed by atoms with Gasteiger partial charge in [0, 0.05) is 6.42 Å². The van der Waals surface area contributed by atoms with Crippen LogP contribution in [0, 0.1) is 0 Å². The molecule has 1 aromatic rings. The average Bonchev–Trinajstić information content (AvgIpc) is 2.44. The van der Waals surface area contributed by atoms with Gasteiger partial charge in [-0.05, 0) is 36.8 Å². The summed E-state index contributed by atoms with van der Waals surface area (Å²) in [5, 5.41) is 4.96. The number of thiocarbonyl (C=S) groups is 1. The molecule has 2 N–H and O–H groups in total. The van der Waals surface area contributed by atoms with Crippen molar-refractivity contribution in [2.75, 3.05) is 5.32 Å². The number of halogens is 4. The highest BCUT2D eigenvalue weighted by Gasteiger charge is 2.31. The number of benzene rings is 1. The van der Waals surface area contributed by atoms with E-state index in [0.717, 1.165) is 43.9 Å². The fourth-order valence-electron chi connectivity index (χ4n) is 1.85. The number of rotatable bonds is 6. The van der Waals surface area contributed by atoms with E-state index in [9.17, 15) is 18.0 Å². The second-order valence-corrected chi connectivity index (χ2v) is 5.82. The van der Waals surface area contributed by atoms with Crippen molar-refractivity contribution in [2.24, 2.45) is 0 Å². The third-order valence-corrected chi connectivity index (χ3v) is 3.59. The minimum absolute atomic E-state index is 0.00206. The summed E-state index contributed by atoms with van der Waals surface area (Å²) >= 11 is 10.8. The first kappa shape index (κ1) is 19.7. The standard InChI is InChI=1S/C15H18ClF3N2OS/c1-2-3-4-5-6-13(22)21-14(23)20-12-9-10(15(17,18)19)7-8-11(12)16/h7-9H,2-6H2,1H3,(H2,20,21,22,23). The van der Waals surface area contributed by atoms with Crippen LogP contribution < -0.4 is 10.6 Å². The molecule has 0 radical (unpaired) electrons. The number of carbonyl (C=O) groups is 1. The van der Waals surface area contributed by atoms with Crippen LogP contribution in [0.3, 0.4) is 0 Å². The van der Waals surface area contributed by atoms with Crippen LogP contribution in [0.5, 0.6) is 0 Å². The summed E-state index contributed by atoms with van der Waals surface area (Å²) < 4.78 is 38.0. The molecule has 1 rings (SSSR count). The first-order chi connectivity index (χ1) is 10.7. The summed E-state index contributed by atoms with van der Waals surface area (Å²) in [5.41, 5.74) is -0.851. The molecule has 0 saturated carbocycles. The lowest BCUT2D eigenvalue weighted by atomic mass is 10.1. The lowest BCUT2D eigenvalue weighted by Gasteiger charge is -2.13. The minimum atomic E-state index is -4.48. The van der Waals surface area contributed by atoms with E-state index in [0.29, 0.717) is 6.42 Å². The van der Waals surface area contributed by atoms with Gasteiger partial charge in [0.05, 0.1) is 16.3 Å². The van der Waals surface area contributed by atoms with Crippen LogP contribution in [0.2, 0.25) is 5.02 Å². The Kier molecular flexibility index (Phi) is 7.78. The van der Waals surface area contributed by atoms with Crippen LogP contribution in [0.25, 0.3) is 0 Å². The maximum Gasteiger partial charge on any atom is 0.416 e. The zero-order chi connectivity index (χ0) is 17.5. The van der Waals surface area contributed by atoms with Gasteiger partial charge in [-0.1, -0.05) is 37.8 Å². The molecule has 23 heavy (non-hydrogen) atoms. The SMILES string of the molecule is CCCCCCC(=O)NC(=S)Nc1cc(C(F)(F)F)ccc1Cl. The van der Waals surface area contributed by atoms with Gasteiger partial charge in [-0.3, -0.25) is 4.79 Å². The molecule has 8 heteroatoms. The molecule has 1 aromatic carbocycles. The molecule has 0 saturated heterocycles. The van der Waals surface area contributed by atoms with Crippen molar-refractivity contribution in [3.05, 3.63) is 28.8 Å². The molecule has 0 aliphatic heterocycles. The molecule has 0 fully saturated rings. The molecule has 0 aliphatic rings. The van der Waals surface area contributed by atoms with Crippen LogP contribution in [0.4, 0.5) is 18.9 Å². The lowest BCUT2D eigenvalue weighted by Crippen LogP contribution is -2.34.